The van der Waals surface area contributed by atoms with E-state index in [0.29, 0.717) is 5.69 Å². The molecule has 1 rings (SSSR count). The number of aromatic hydroxyl groups is 1. The number of phenols is 1. The quantitative estimate of drug-likeness (QED) is 0.378. The van der Waals surface area contributed by atoms with Gasteiger partial charge in [-0.25, -0.2) is 0 Å². The molecule has 0 aliphatic heterocycles. The van der Waals surface area contributed by atoms with Crippen LogP contribution in [-0.2, 0) is 0 Å². The number of para-hydroxylation sites is 1. The number of nitrogen functional groups attached to an aromatic ring is 1. The van der Waals surface area contributed by atoms with Gasteiger partial charge in [-0.1, -0.05) is 20.1 Å². The molecule has 0 saturated carbocycles. The first kappa shape index (κ1) is 8.35. The average molecular weight is 169 g/mol. The Morgan fingerprint density at radius 1 is 1.36 bits per heavy atom. The summed E-state index contributed by atoms with van der Waals surface area (Å²) in [6.45, 7) is 4.17. The normalized spacial score (nSPS) is 10.5. The van der Waals surface area contributed by atoms with Gasteiger partial charge in [0.05, 0.1) is 5.69 Å². The van der Waals surface area contributed by atoms with E-state index >= 15 is 0 Å². The van der Waals surface area contributed by atoms with Gasteiger partial charge in [0.25, 0.3) is 0 Å². The summed E-state index contributed by atoms with van der Waals surface area (Å²) in [5.41, 5.74) is 5.99. The van der Waals surface area contributed by atoms with E-state index in [1.807, 2.05) is 12.1 Å². The van der Waals surface area contributed by atoms with Crippen molar-refractivity contribution < 1.29 is 5.11 Å². The molecule has 1 aromatic rings. The van der Waals surface area contributed by atoms with Crippen LogP contribution in [0.3, 0.4) is 0 Å². The topological polar surface area (TPSA) is 46.2 Å². The van der Waals surface area contributed by atoms with Gasteiger partial charge in [-0.2, -0.15) is 0 Å². The molecule has 3 heteroatoms. The number of anilines is 1. The molecule has 3 N–H and O–H groups in total. The summed E-state index contributed by atoms with van der Waals surface area (Å²) in [7, 11) is -0.263. The Bertz CT molecular complexity index is 260. The van der Waals surface area contributed by atoms with Crippen LogP contribution in [-0.4, -0.2) is 18.4 Å². The van der Waals surface area contributed by atoms with Crippen molar-refractivity contribution in [1.82, 2.24) is 0 Å². The molecule has 60 valence electrons. The lowest BCUT2D eigenvalue weighted by atomic mass is 10.3. The summed E-state index contributed by atoms with van der Waals surface area (Å²) in [5.74, 6) is 0.253. The summed E-state index contributed by atoms with van der Waals surface area (Å²) < 4.78 is 0. The third-order valence-electron chi connectivity index (χ3n) is 1.53. The minimum Gasteiger partial charge on any atom is -0.505 e. The Morgan fingerprint density at radius 3 is 2.45 bits per heavy atom. The second-order valence-electron chi connectivity index (χ2n) is 2.61. The Labute approximate surface area is 67.8 Å². The lowest BCUT2D eigenvalue weighted by Gasteiger charge is -2.09. The van der Waals surface area contributed by atoms with E-state index < -0.39 is 0 Å². The highest BCUT2D eigenvalue weighted by molar-refractivity contribution is 7.64. The van der Waals surface area contributed by atoms with Gasteiger partial charge in [0.15, 0.2) is 0 Å². The van der Waals surface area contributed by atoms with Crippen molar-refractivity contribution in [3.63, 3.8) is 0 Å². The maximum Gasteiger partial charge on any atom is 0.146 e. The van der Waals surface area contributed by atoms with Crippen LogP contribution in [0.15, 0.2) is 18.2 Å². The maximum absolute atomic E-state index is 9.46. The number of hydrogen-bond donors (Lipinski definition) is 2. The summed E-state index contributed by atoms with van der Waals surface area (Å²) in [4.78, 5) is 0. The first-order valence-electron chi connectivity index (χ1n) is 3.37. The highest BCUT2D eigenvalue weighted by Crippen LogP contribution is 2.31. The lowest BCUT2D eigenvalue weighted by Crippen LogP contribution is -2.02. The highest BCUT2D eigenvalue weighted by atomic mass is 31.1. The zero-order chi connectivity index (χ0) is 8.43. The molecule has 0 aliphatic carbocycles. The molecule has 0 atom stereocenters. The fourth-order valence-corrected chi connectivity index (χ4v) is 1.85. The summed E-state index contributed by atoms with van der Waals surface area (Å²) >= 11 is 0. The average Bonchev–Trinajstić information content (AvgIpc) is 1.94. The van der Waals surface area contributed by atoms with Crippen molar-refractivity contribution in [2.45, 2.75) is 0 Å². The predicted molar refractivity (Wildman–Crippen MR) is 50.9 cm³/mol. The Morgan fingerprint density at radius 2 is 2.00 bits per heavy atom. The second-order valence-corrected chi connectivity index (χ2v) is 4.88. The van der Waals surface area contributed by atoms with Crippen LogP contribution >= 0.6 is 7.92 Å². The molecular formula is C8H12NOP. The molecule has 0 amide bonds. The van der Waals surface area contributed by atoms with Gasteiger partial charge in [0.2, 0.25) is 0 Å². The van der Waals surface area contributed by atoms with Crippen molar-refractivity contribution in [2.75, 3.05) is 19.1 Å². The van der Waals surface area contributed by atoms with Crippen LogP contribution < -0.4 is 11.0 Å². The second kappa shape index (κ2) is 3.10. The molecule has 2 nitrogen and oxygen atoms in total. The molecule has 0 fully saturated rings. The van der Waals surface area contributed by atoms with Gasteiger partial charge in [-0.3, -0.25) is 0 Å². The molecule has 11 heavy (non-hydrogen) atoms. The molecular weight excluding hydrogens is 157 g/mol. The smallest absolute Gasteiger partial charge is 0.146 e. The number of nitrogens with two attached hydrogens (primary N) is 1. The van der Waals surface area contributed by atoms with E-state index in [1.54, 1.807) is 6.07 Å². The fraction of sp³-hybridized carbons (Fsp3) is 0.250. The van der Waals surface area contributed by atoms with Gasteiger partial charge in [0, 0.05) is 5.30 Å². The predicted octanol–water partition coefficient (Wildman–Crippen LogP) is 1.34. The minimum absolute atomic E-state index is 0.253. The van der Waals surface area contributed by atoms with Crippen LogP contribution in [0.25, 0.3) is 0 Å². The number of phenolic OH excluding ortho intramolecular Hbond substituents is 1. The van der Waals surface area contributed by atoms with Crippen LogP contribution in [0.5, 0.6) is 5.75 Å². The van der Waals surface area contributed by atoms with Crippen LogP contribution in [0, 0.1) is 0 Å². The van der Waals surface area contributed by atoms with Crippen LogP contribution in [0.1, 0.15) is 0 Å². The van der Waals surface area contributed by atoms with Gasteiger partial charge >= 0.3 is 0 Å². The largest absolute Gasteiger partial charge is 0.505 e. The van der Waals surface area contributed by atoms with E-state index in [0.717, 1.165) is 5.30 Å². The molecule has 0 radical (unpaired) electrons. The minimum atomic E-state index is -0.263. The van der Waals surface area contributed by atoms with Gasteiger partial charge < -0.3 is 10.8 Å². The zero-order valence-electron chi connectivity index (χ0n) is 6.70. The van der Waals surface area contributed by atoms with E-state index in [1.165, 1.54) is 0 Å². The summed E-state index contributed by atoms with van der Waals surface area (Å²) in [5, 5.41) is 10.4. The number of hydrogen-bond acceptors (Lipinski definition) is 2. The van der Waals surface area contributed by atoms with E-state index in [-0.39, 0.29) is 13.7 Å². The molecule has 0 saturated heterocycles. The highest BCUT2D eigenvalue weighted by Gasteiger charge is 2.06. The van der Waals surface area contributed by atoms with E-state index in [2.05, 4.69) is 13.3 Å². The SMILES string of the molecule is CP(C)c1cccc(N)c1O. The number of benzene rings is 1. The van der Waals surface area contributed by atoms with Gasteiger partial charge in [0.1, 0.15) is 5.75 Å². The zero-order valence-corrected chi connectivity index (χ0v) is 7.60. The van der Waals surface area contributed by atoms with Crippen molar-refractivity contribution in [3.05, 3.63) is 18.2 Å². The monoisotopic (exact) mass is 169 g/mol. The van der Waals surface area contributed by atoms with Gasteiger partial charge in [-0.15, -0.1) is 0 Å². The Balaban J connectivity index is 3.17. The fourth-order valence-electron chi connectivity index (χ4n) is 0.910. The lowest BCUT2D eigenvalue weighted by molar-refractivity contribution is 0.482. The van der Waals surface area contributed by atoms with Gasteiger partial charge in [-0.05, 0) is 19.4 Å². The maximum atomic E-state index is 9.46. The van der Waals surface area contributed by atoms with E-state index in [4.69, 9.17) is 5.73 Å². The summed E-state index contributed by atoms with van der Waals surface area (Å²) in [6, 6.07) is 5.49. The number of rotatable bonds is 1. The molecule has 1 aromatic carbocycles. The van der Waals surface area contributed by atoms with Crippen LogP contribution in [0.2, 0.25) is 0 Å². The first-order valence-corrected chi connectivity index (χ1v) is 5.61. The molecule has 0 aromatic heterocycles. The first-order chi connectivity index (χ1) is 5.13. The van der Waals surface area contributed by atoms with Crippen molar-refractivity contribution in [2.24, 2.45) is 0 Å². The van der Waals surface area contributed by atoms with Crippen LogP contribution in [0.4, 0.5) is 5.69 Å². The standard InChI is InChI=1S/C8H12NOP/c1-11(2)7-5-3-4-6(9)8(7)10/h3-5,10H,9H2,1-2H3. The molecule has 0 aliphatic rings. The Hall–Kier alpha value is -0.750. The summed E-state index contributed by atoms with van der Waals surface area (Å²) in [6.07, 6.45) is 0. The van der Waals surface area contributed by atoms with Crippen molar-refractivity contribution in [3.8, 4) is 5.75 Å². The molecule has 0 unspecified atom stereocenters. The molecule has 0 spiro atoms. The molecule has 0 heterocycles. The van der Waals surface area contributed by atoms with E-state index in [9.17, 15) is 5.11 Å². The third-order valence-corrected chi connectivity index (χ3v) is 2.85. The van der Waals surface area contributed by atoms with Crippen molar-refractivity contribution >= 4 is 18.9 Å². The Kier molecular flexibility index (Phi) is 2.35. The third kappa shape index (κ3) is 1.63. The van der Waals surface area contributed by atoms with Crippen molar-refractivity contribution in [1.29, 1.82) is 0 Å². The molecule has 0 bridgehead atoms.